The molecule has 0 bridgehead atoms. The van der Waals surface area contributed by atoms with Gasteiger partial charge in [0.2, 0.25) is 0 Å². The Morgan fingerprint density at radius 3 is 3.00 bits per heavy atom. The monoisotopic (exact) mass is 280 g/mol. The average Bonchev–Trinajstić information content (AvgIpc) is 3.04. The Morgan fingerprint density at radius 1 is 1.32 bits per heavy atom. The number of aryl methyl sites for hydroxylation is 2. The first-order chi connectivity index (χ1) is 9.31. The van der Waals surface area contributed by atoms with E-state index in [4.69, 9.17) is 4.98 Å². The van der Waals surface area contributed by atoms with Crippen LogP contribution in [0.3, 0.4) is 0 Å². The van der Waals surface area contributed by atoms with E-state index >= 15 is 0 Å². The standard InChI is InChI=1S/C15H24N2OS/c1-2-14-17-13-8-4-7-12(15(13)19-14)16-11-6-3-5-10(11)9-18/h10-12,16,18H,2-9H2,1H3/t10-,11+,12+/m0/s1. The zero-order chi connectivity index (χ0) is 13.2. The second kappa shape index (κ2) is 5.90. The third-order valence-corrected chi connectivity index (χ3v) is 5.96. The second-order valence-corrected chi connectivity index (χ2v) is 6.98. The van der Waals surface area contributed by atoms with Crippen LogP contribution in [0.1, 0.15) is 60.6 Å². The Kier molecular flexibility index (Phi) is 4.20. The van der Waals surface area contributed by atoms with Gasteiger partial charge in [0.05, 0.1) is 10.7 Å². The van der Waals surface area contributed by atoms with Crippen LogP contribution < -0.4 is 5.32 Å². The minimum absolute atomic E-state index is 0.333. The van der Waals surface area contributed by atoms with Crippen LogP contribution in [0.4, 0.5) is 0 Å². The van der Waals surface area contributed by atoms with Crippen molar-refractivity contribution in [3.05, 3.63) is 15.6 Å². The highest BCUT2D eigenvalue weighted by Crippen LogP contribution is 2.36. The van der Waals surface area contributed by atoms with E-state index in [0.717, 1.165) is 12.8 Å². The lowest BCUT2D eigenvalue weighted by Gasteiger charge is -2.28. The predicted octanol–water partition coefficient (Wildman–Crippen LogP) is 2.83. The second-order valence-electron chi connectivity index (χ2n) is 5.86. The first kappa shape index (κ1) is 13.5. The summed E-state index contributed by atoms with van der Waals surface area (Å²) in [5.74, 6) is 0.462. The summed E-state index contributed by atoms with van der Waals surface area (Å²) >= 11 is 1.90. The molecule has 1 saturated carbocycles. The minimum Gasteiger partial charge on any atom is -0.396 e. The molecule has 2 aliphatic rings. The molecule has 1 fully saturated rings. The topological polar surface area (TPSA) is 45.2 Å². The number of nitrogens with one attached hydrogen (secondary N) is 1. The number of aromatic nitrogens is 1. The number of hydrogen-bond acceptors (Lipinski definition) is 4. The molecule has 1 aromatic heterocycles. The predicted molar refractivity (Wildman–Crippen MR) is 78.5 cm³/mol. The molecule has 3 atom stereocenters. The number of hydrogen-bond donors (Lipinski definition) is 2. The Labute approximate surface area is 119 Å². The molecule has 0 aromatic carbocycles. The van der Waals surface area contributed by atoms with Gasteiger partial charge in [0.15, 0.2) is 0 Å². The van der Waals surface area contributed by atoms with E-state index in [0.29, 0.717) is 24.6 Å². The SMILES string of the molecule is CCc1nc2c(s1)[C@H](N[C@@H]1CCC[C@H]1CO)CCC2. The van der Waals surface area contributed by atoms with Crippen LogP contribution in [0.2, 0.25) is 0 Å². The molecule has 4 heteroatoms. The van der Waals surface area contributed by atoms with Crippen molar-refractivity contribution < 1.29 is 5.11 Å². The number of aliphatic hydroxyl groups excluding tert-OH is 1. The summed E-state index contributed by atoms with van der Waals surface area (Å²) in [6.45, 7) is 2.52. The summed E-state index contributed by atoms with van der Waals surface area (Å²) in [7, 11) is 0. The number of aliphatic hydroxyl groups is 1. The van der Waals surface area contributed by atoms with E-state index in [1.807, 2.05) is 11.3 Å². The highest BCUT2D eigenvalue weighted by atomic mass is 32.1. The fourth-order valence-electron chi connectivity index (χ4n) is 3.51. The fourth-order valence-corrected chi connectivity index (χ4v) is 4.66. The fraction of sp³-hybridized carbons (Fsp3) is 0.800. The summed E-state index contributed by atoms with van der Waals surface area (Å²) in [5.41, 5.74) is 1.34. The Bertz CT molecular complexity index is 432. The maximum atomic E-state index is 9.45. The summed E-state index contributed by atoms with van der Waals surface area (Å²) in [4.78, 5) is 6.24. The van der Waals surface area contributed by atoms with Crippen molar-refractivity contribution in [3.8, 4) is 0 Å². The summed E-state index contributed by atoms with van der Waals surface area (Å²) in [6, 6.07) is 0.992. The molecule has 0 saturated heterocycles. The van der Waals surface area contributed by atoms with Crippen molar-refractivity contribution in [3.63, 3.8) is 0 Å². The van der Waals surface area contributed by atoms with Gasteiger partial charge in [-0.1, -0.05) is 13.3 Å². The van der Waals surface area contributed by atoms with Gasteiger partial charge in [0.1, 0.15) is 0 Å². The van der Waals surface area contributed by atoms with Crippen LogP contribution in [0, 0.1) is 5.92 Å². The highest BCUT2D eigenvalue weighted by Gasteiger charge is 2.31. The molecule has 0 aliphatic heterocycles. The van der Waals surface area contributed by atoms with E-state index in [1.54, 1.807) is 0 Å². The molecule has 3 nitrogen and oxygen atoms in total. The molecule has 0 radical (unpaired) electrons. The van der Waals surface area contributed by atoms with Crippen molar-refractivity contribution in [2.45, 2.75) is 64.0 Å². The zero-order valence-corrected chi connectivity index (χ0v) is 12.5. The van der Waals surface area contributed by atoms with Crippen molar-refractivity contribution in [1.82, 2.24) is 10.3 Å². The molecule has 106 valence electrons. The van der Waals surface area contributed by atoms with Gasteiger partial charge in [-0.2, -0.15) is 0 Å². The molecule has 1 heterocycles. The molecule has 0 spiro atoms. The highest BCUT2D eigenvalue weighted by molar-refractivity contribution is 7.11. The first-order valence-electron chi connectivity index (χ1n) is 7.67. The smallest absolute Gasteiger partial charge is 0.0928 e. The summed E-state index contributed by atoms with van der Waals surface area (Å²) in [6.07, 6.45) is 8.32. The summed E-state index contributed by atoms with van der Waals surface area (Å²) in [5, 5.41) is 14.6. The largest absolute Gasteiger partial charge is 0.396 e. The number of nitrogens with zero attached hydrogens (tertiary/aromatic N) is 1. The number of thiazole rings is 1. The third kappa shape index (κ3) is 2.71. The van der Waals surface area contributed by atoms with E-state index < -0.39 is 0 Å². The van der Waals surface area contributed by atoms with Crippen LogP contribution in [-0.4, -0.2) is 22.7 Å². The molecule has 19 heavy (non-hydrogen) atoms. The quantitative estimate of drug-likeness (QED) is 0.891. The Balaban J connectivity index is 1.74. The Morgan fingerprint density at radius 2 is 2.21 bits per heavy atom. The Hall–Kier alpha value is -0.450. The van der Waals surface area contributed by atoms with Crippen LogP contribution in [0.15, 0.2) is 0 Å². The third-order valence-electron chi connectivity index (χ3n) is 4.61. The lowest BCUT2D eigenvalue weighted by Crippen LogP contribution is -2.37. The number of rotatable bonds is 4. The van der Waals surface area contributed by atoms with Gasteiger partial charge in [-0.25, -0.2) is 4.98 Å². The maximum Gasteiger partial charge on any atom is 0.0928 e. The maximum absolute atomic E-state index is 9.45. The number of fused-ring (bicyclic) bond motifs is 1. The average molecular weight is 280 g/mol. The van der Waals surface area contributed by atoms with Crippen molar-refractivity contribution in [2.75, 3.05) is 6.61 Å². The first-order valence-corrected chi connectivity index (χ1v) is 8.48. The van der Waals surface area contributed by atoms with E-state index in [2.05, 4.69) is 12.2 Å². The molecule has 0 unspecified atom stereocenters. The van der Waals surface area contributed by atoms with Gasteiger partial charge < -0.3 is 10.4 Å². The van der Waals surface area contributed by atoms with Crippen molar-refractivity contribution in [2.24, 2.45) is 5.92 Å². The molecule has 0 amide bonds. The normalized spacial score (nSPS) is 30.5. The van der Waals surface area contributed by atoms with Gasteiger partial charge >= 0.3 is 0 Å². The lowest BCUT2D eigenvalue weighted by molar-refractivity contribution is 0.197. The minimum atomic E-state index is 0.333. The summed E-state index contributed by atoms with van der Waals surface area (Å²) < 4.78 is 0. The van der Waals surface area contributed by atoms with Crippen LogP contribution in [0.25, 0.3) is 0 Å². The van der Waals surface area contributed by atoms with Gasteiger partial charge in [0.25, 0.3) is 0 Å². The van der Waals surface area contributed by atoms with E-state index in [9.17, 15) is 5.11 Å². The van der Waals surface area contributed by atoms with Crippen LogP contribution in [-0.2, 0) is 12.8 Å². The van der Waals surface area contributed by atoms with Crippen molar-refractivity contribution in [1.29, 1.82) is 0 Å². The van der Waals surface area contributed by atoms with Crippen LogP contribution >= 0.6 is 11.3 Å². The van der Waals surface area contributed by atoms with E-state index in [-0.39, 0.29) is 0 Å². The van der Waals surface area contributed by atoms with E-state index in [1.165, 1.54) is 47.7 Å². The van der Waals surface area contributed by atoms with Crippen molar-refractivity contribution >= 4 is 11.3 Å². The molecular weight excluding hydrogens is 256 g/mol. The van der Waals surface area contributed by atoms with Crippen LogP contribution in [0.5, 0.6) is 0 Å². The zero-order valence-electron chi connectivity index (χ0n) is 11.7. The van der Waals surface area contributed by atoms with Gasteiger partial charge in [-0.15, -0.1) is 11.3 Å². The van der Waals surface area contributed by atoms with Gasteiger partial charge in [-0.3, -0.25) is 0 Å². The molecule has 1 aromatic rings. The van der Waals surface area contributed by atoms with Gasteiger partial charge in [0, 0.05) is 23.6 Å². The molecular formula is C15H24N2OS. The lowest BCUT2D eigenvalue weighted by atomic mass is 9.95. The van der Waals surface area contributed by atoms with Gasteiger partial charge in [-0.05, 0) is 44.4 Å². The molecule has 2 aliphatic carbocycles. The molecule has 3 rings (SSSR count). The molecule has 2 N–H and O–H groups in total.